The summed E-state index contributed by atoms with van der Waals surface area (Å²) in [6.45, 7) is 0.676. The third-order valence-corrected chi connectivity index (χ3v) is 5.88. The Labute approximate surface area is 191 Å². The lowest BCUT2D eigenvalue weighted by atomic mass is 10.0. The van der Waals surface area contributed by atoms with E-state index in [0.29, 0.717) is 12.6 Å². The largest absolute Gasteiger partial charge is 0.493 e. The second kappa shape index (κ2) is 10.8. The third-order valence-electron chi connectivity index (χ3n) is 5.88. The fourth-order valence-electron chi connectivity index (χ4n) is 4.20. The van der Waals surface area contributed by atoms with E-state index in [0.717, 1.165) is 18.6 Å². The number of hydrogen-bond acceptors (Lipinski definition) is 2. The monoisotopic (exact) mass is 421 g/mol. The first kappa shape index (κ1) is 21.9. The van der Waals surface area contributed by atoms with Gasteiger partial charge in [-0.15, -0.1) is 0 Å². The van der Waals surface area contributed by atoms with Crippen LogP contribution >= 0.6 is 0 Å². The lowest BCUT2D eigenvalue weighted by Gasteiger charge is -2.25. The SMILES string of the molecule is CN(C)[C@H](CCOc1ccc(C/C=C/c2ccccc2)c2ccccc12)c1ccccc1. The van der Waals surface area contributed by atoms with Crippen LogP contribution in [0.4, 0.5) is 0 Å². The lowest BCUT2D eigenvalue weighted by molar-refractivity contribution is 0.225. The summed E-state index contributed by atoms with van der Waals surface area (Å²) < 4.78 is 6.31. The molecule has 0 amide bonds. The Morgan fingerprint density at radius 1 is 0.750 bits per heavy atom. The average molecular weight is 422 g/mol. The molecule has 0 spiro atoms. The van der Waals surface area contributed by atoms with Gasteiger partial charge in [0.2, 0.25) is 0 Å². The molecule has 4 aromatic carbocycles. The van der Waals surface area contributed by atoms with Crippen molar-refractivity contribution < 1.29 is 4.74 Å². The van der Waals surface area contributed by atoms with E-state index >= 15 is 0 Å². The van der Waals surface area contributed by atoms with E-state index < -0.39 is 0 Å². The maximum absolute atomic E-state index is 6.31. The van der Waals surface area contributed by atoms with E-state index in [9.17, 15) is 0 Å². The predicted molar refractivity (Wildman–Crippen MR) is 136 cm³/mol. The summed E-state index contributed by atoms with van der Waals surface area (Å²) in [7, 11) is 4.26. The van der Waals surface area contributed by atoms with Crippen molar-refractivity contribution in [2.45, 2.75) is 18.9 Å². The van der Waals surface area contributed by atoms with Crippen LogP contribution in [-0.4, -0.2) is 25.6 Å². The van der Waals surface area contributed by atoms with Gasteiger partial charge in [-0.2, -0.15) is 0 Å². The van der Waals surface area contributed by atoms with Crippen LogP contribution in [0.15, 0.2) is 103 Å². The van der Waals surface area contributed by atoms with Gasteiger partial charge in [0.05, 0.1) is 6.61 Å². The van der Waals surface area contributed by atoms with Gasteiger partial charge < -0.3 is 9.64 Å². The highest BCUT2D eigenvalue weighted by molar-refractivity contribution is 5.91. The second-order valence-corrected chi connectivity index (χ2v) is 8.31. The average Bonchev–Trinajstić information content (AvgIpc) is 2.83. The van der Waals surface area contributed by atoms with Crippen LogP contribution in [0.3, 0.4) is 0 Å². The summed E-state index contributed by atoms with van der Waals surface area (Å²) in [6.07, 6.45) is 6.25. The molecule has 0 aliphatic carbocycles. The second-order valence-electron chi connectivity index (χ2n) is 8.31. The van der Waals surface area contributed by atoms with E-state index in [1.54, 1.807) is 0 Å². The fraction of sp³-hybridized carbons (Fsp3) is 0.200. The van der Waals surface area contributed by atoms with Crippen LogP contribution in [0, 0.1) is 0 Å². The first-order chi connectivity index (χ1) is 15.7. The van der Waals surface area contributed by atoms with Crippen molar-refractivity contribution in [2.24, 2.45) is 0 Å². The van der Waals surface area contributed by atoms with E-state index in [2.05, 4.69) is 122 Å². The molecular weight excluding hydrogens is 390 g/mol. The quantitative estimate of drug-likeness (QED) is 0.284. The van der Waals surface area contributed by atoms with Crippen molar-refractivity contribution in [3.63, 3.8) is 0 Å². The maximum atomic E-state index is 6.31. The van der Waals surface area contributed by atoms with Gasteiger partial charge in [0.15, 0.2) is 0 Å². The van der Waals surface area contributed by atoms with E-state index in [1.807, 2.05) is 6.07 Å². The van der Waals surface area contributed by atoms with Crippen LogP contribution in [0.25, 0.3) is 16.8 Å². The summed E-state index contributed by atoms with van der Waals surface area (Å²) >= 11 is 0. The van der Waals surface area contributed by atoms with E-state index in [-0.39, 0.29) is 0 Å². The summed E-state index contributed by atoms with van der Waals surface area (Å²) in [6, 6.07) is 34.3. The summed E-state index contributed by atoms with van der Waals surface area (Å²) in [5.74, 6) is 0.960. The molecule has 162 valence electrons. The Kier molecular flexibility index (Phi) is 7.37. The van der Waals surface area contributed by atoms with Crippen LogP contribution in [-0.2, 0) is 6.42 Å². The van der Waals surface area contributed by atoms with Crippen LogP contribution < -0.4 is 4.74 Å². The normalized spacial score (nSPS) is 12.5. The van der Waals surface area contributed by atoms with E-state index in [4.69, 9.17) is 4.74 Å². The number of benzene rings is 4. The molecule has 0 bridgehead atoms. The zero-order chi connectivity index (χ0) is 22.2. The number of hydrogen-bond donors (Lipinski definition) is 0. The fourth-order valence-corrected chi connectivity index (χ4v) is 4.20. The van der Waals surface area contributed by atoms with Gasteiger partial charge in [-0.05, 0) is 48.7 Å². The molecular formula is C30H31NO. The molecule has 0 saturated heterocycles. The van der Waals surface area contributed by atoms with Crippen molar-refractivity contribution in [1.82, 2.24) is 4.90 Å². The van der Waals surface area contributed by atoms with Gasteiger partial charge in [0.1, 0.15) is 5.75 Å². The molecule has 32 heavy (non-hydrogen) atoms. The molecule has 0 fully saturated rings. The predicted octanol–water partition coefficient (Wildman–Crippen LogP) is 7.17. The molecule has 0 aliphatic heterocycles. The minimum absolute atomic E-state index is 0.338. The Hall–Kier alpha value is -3.36. The molecule has 0 heterocycles. The molecule has 1 atom stereocenters. The zero-order valence-corrected chi connectivity index (χ0v) is 18.9. The molecule has 0 aromatic heterocycles. The molecule has 0 saturated carbocycles. The Morgan fingerprint density at radius 3 is 2.12 bits per heavy atom. The number of fused-ring (bicyclic) bond motifs is 1. The van der Waals surface area contributed by atoms with E-state index in [1.165, 1.54) is 27.5 Å². The maximum Gasteiger partial charge on any atom is 0.127 e. The molecule has 2 nitrogen and oxygen atoms in total. The van der Waals surface area contributed by atoms with Crippen molar-refractivity contribution in [3.8, 4) is 5.75 Å². The standard InChI is InChI=1S/C30H31NO/c1-31(2)29(26-15-7-4-8-16-26)22-23-32-30-21-20-25(27-18-9-10-19-28(27)30)17-11-14-24-12-5-3-6-13-24/h3-16,18-21,29H,17,22-23H2,1-2H3/b14-11+/t29-/m1/s1. The first-order valence-corrected chi connectivity index (χ1v) is 11.3. The smallest absolute Gasteiger partial charge is 0.127 e. The summed E-state index contributed by atoms with van der Waals surface area (Å²) in [4.78, 5) is 2.26. The molecule has 0 N–H and O–H groups in total. The molecule has 4 aromatic rings. The minimum Gasteiger partial charge on any atom is -0.493 e. The Balaban J connectivity index is 1.47. The Bertz CT molecular complexity index is 1150. The van der Waals surface area contributed by atoms with Gasteiger partial charge in [0, 0.05) is 17.8 Å². The highest BCUT2D eigenvalue weighted by Gasteiger charge is 2.14. The van der Waals surface area contributed by atoms with Crippen LogP contribution in [0.1, 0.15) is 29.2 Å². The minimum atomic E-state index is 0.338. The molecule has 0 unspecified atom stereocenters. The first-order valence-electron chi connectivity index (χ1n) is 11.3. The molecule has 4 rings (SSSR count). The summed E-state index contributed by atoms with van der Waals surface area (Å²) in [5.41, 5.74) is 3.87. The molecule has 0 radical (unpaired) electrons. The highest BCUT2D eigenvalue weighted by atomic mass is 16.5. The van der Waals surface area contributed by atoms with Gasteiger partial charge in [-0.1, -0.05) is 103 Å². The topological polar surface area (TPSA) is 12.5 Å². The number of ether oxygens (including phenoxy) is 1. The number of rotatable bonds is 9. The third kappa shape index (κ3) is 5.46. The van der Waals surface area contributed by atoms with Crippen molar-refractivity contribution in [2.75, 3.05) is 20.7 Å². The van der Waals surface area contributed by atoms with Crippen LogP contribution in [0.2, 0.25) is 0 Å². The lowest BCUT2D eigenvalue weighted by Crippen LogP contribution is -2.22. The van der Waals surface area contributed by atoms with Gasteiger partial charge in [0.25, 0.3) is 0 Å². The number of nitrogens with zero attached hydrogens (tertiary/aromatic N) is 1. The van der Waals surface area contributed by atoms with Crippen molar-refractivity contribution >= 4 is 16.8 Å². The summed E-state index contributed by atoms with van der Waals surface area (Å²) in [5, 5.41) is 2.44. The Morgan fingerprint density at radius 2 is 1.41 bits per heavy atom. The molecule has 0 aliphatic rings. The van der Waals surface area contributed by atoms with Crippen molar-refractivity contribution in [3.05, 3.63) is 120 Å². The van der Waals surface area contributed by atoms with Gasteiger partial charge in [-0.25, -0.2) is 0 Å². The zero-order valence-electron chi connectivity index (χ0n) is 18.9. The highest BCUT2D eigenvalue weighted by Crippen LogP contribution is 2.30. The molecule has 2 heteroatoms. The number of allylic oxidation sites excluding steroid dienone is 1. The van der Waals surface area contributed by atoms with Crippen molar-refractivity contribution in [1.29, 1.82) is 0 Å². The van der Waals surface area contributed by atoms with Gasteiger partial charge in [-0.3, -0.25) is 0 Å². The van der Waals surface area contributed by atoms with Crippen LogP contribution in [0.5, 0.6) is 5.75 Å². The van der Waals surface area contributed by atoms with Gasteiger partial charge >= 0.3 is 0 Å².